The van der Waals surface area contributed by atoms with Crippen molar-refractivity contribution in [2.75, 3.05) is 5.73 Å². The van der Waals surface area contributed by atoms with Crippen molar-refractivity contribution in [3.8, 4) is 22.4 Å². The molecule has 0 saturated heterocycles. The van der Waals surface area contributed by atoms with Gasteiger partial charge >= 0.3 is 0 Å². The lowest BCUT2D eigenvalue weighted by Crippen LogP contribution is -1.89. The lowest BCUT2D eigenvalue weighted by Gasteiger charge is -2.05. The molecule has 0 aliphatic rings. The number of H-pyrrole nitrogens is 1. The Morgan fingerprint density at radius 3 is 2.20 bits per heavy atom. The van der Waals surface area contributed by atoms with Crippen LogP contribution in [0.1, 0.15) is 5.56 Å². The second kappa shape index (κ2) is 5.02. The number of nitrogen functional groups attached to an aromatic ring is 1. The van der Waals surface area contributed by atoms with Gasteiger partial charge < -0.3 is 5.73 Å². The molecule has 0 amide bonds. The summed E-state index contributed by atoms with van der Waals surface area (Å²) >= 11 is 5.93. The third kappa shape index (κ3) is 2.28. The first-order valence-electron chi connectivity index (χ1n) is 6.32. The second-order valence-corrected chi connectivity index (χ2v) is 5.17. The van der Waals surface area contributed by atoms with Gasteiger partial charge in [-0.2, -0.15) is 5.10 Å². The van der Waals surface area contributed by atoms with E-state index in [2.05, 4.69) is 41.4 Å². The number of anilines is 1. The summed E-state index contributed by atoms with van der Waals surface area (Å²) in [5, 5.41) is 7.85. The molecule has 0 aliphatic carbocycles. The van der Waals surface area contributed by atoms with Crippen LogP contribution in [0.25, 0.3) is 22.4 Å². The quantitative estimate of drug-likeness (QED) is 0.737. The maximum Gasteiger partial charge on any atom is 0.153 e. The fraction of sp³-hybridized carbons (Fsp3) is 0.0625. The molecular weight excluding hydrogens is 270 g/mol. The number of hydrogen-bond acceptors (Lipinski definition) is 2. The standard InChI is InChI=1S/C16H14ClN3/c1-10-2-4-11(5-3-10)14-15(19-20-16(14)18)12-6-8-13(17)9-7-12/h2-9H,1H3,(H3,18,19,20). The molecule has 0 radical (unpaired) electrons. The van der Waals surface area contributed by atoms with Crippen LogP contribution in [0.15, 0.2) is 48.5 Å². The summed E-state index contributed by atoms with van der Waals surface area (Å²) in [7, 11) is 0. The molecular formula is C16H14ClN3. The molecule has 3 aromatic rings. The number of benzene rings is 2. The maximum atomic E-state index is 6.01. The van der Waals surface area contributed by atoms with E-state index in [0.717, 1.165) is 22.4 Å². The first-order chi connectivity index (χ1) is 9.65. The number of aromatic nitrogens is 2. The summed E-state index contributed by atoms with van der Waals surface area (Å²) in [6.45, 7) is 2.06. The molecule has 1 heterocycles. The summed E-state index contributed by atoms with van der Waals surface area (Å²) in [5.41, 5.74) is 11.1. The van der Waals surface area contributed by atoms with E-state index in [1.807, 2.05) is 24.3 Å². The topological polar surface area (TPSA) is 54.7 Å². The van der Waals surface area contributed by atoms with Gasteiger partial charge in [0, 0.05) is 10.6 Å². The van der Waals surface area contributed by atoms with Gasteiger partial charge in [-0.25, -0.2) is 0 Å². The minimum Gasteiger partial charge on any atom is -0.382 e. The van der Waals surface area contributed by atoms with Crippen LogP contribution in [0, 0.1) is 6.92 Å². The third-order valence-corrected chi connectivity index (χ3v) is 3.52. The Morgan fingerprint density at radius 1 is 0.950 bits per heavy atom. The van der Waals surface area contributed by atoms with E-state index in [1.54, 1.807) is 0 Å². The molecule has 3 nitrogen and oxygen atoms in total. The number of nitrogens with one attached hydrogen (secondary N) is 1. The first-order valence-corrected chi connectivity index (χ1v) is 6.70. The van der Waals surface area contributed by atoms with Crippen molar-refractivity contribution in [2.24, 2.45) is 0 Å². The monoisotopic (exact) mass is 283 g/mol. The van der Waals surface area contributed by atoms with Gasteiger partial charge in [-0.05, 0) is 24.6 Å². The first kappa shape index (κ1) is 12.8. The van der Waals surface area contributed by atoms with Crippen molar-refractivity contribution in [2.45, 2.75) is 6.92 Å². The van der Waals surface area contributed by atoms with Gasteiger partial charge in [-0.3, -0.25) is 5.10 Å². The second-order valence-electron chi connectivity index (χ2n) is 4.73. The molecule has 4 heteroatoms. The van der Waals surface area contributed by atoms with Gasteiger partial charge in [0.05, 0.1) is 11.3 Å². The van der Waals surface area contributed by atoms with Gasteiger partial charge in [0.1, 0.15) is 0 Å². The van der Waals surface area contributed by atoms with E-state index in [0.29, 0.717) is 10.8 Å². The van der Waals surface area contributed by atoms with Crippen LogP contribution >= 0.6 is 11.6 Å². The SMILES string of the molecule is Cc1ccc(-c2c(N)n[nH]c2-c2ccc(Cl)cc2)cc1. The summed E-state index contributed by atoms with van der Waals surface area (Å²) in [6.07, 6.45) is 0. The number of rotatable bonds is 2. The molecule has 3 N–H and O–H groups in total. The molecule has 0 spiro atoms. The Balaban J connectivity index is 2.14. The number of aryl methyl sites for hydroxylation is 1. The number of aromatic amines is 1. The zero-order chi connectivity index (χ0) is 14.1. The highest BCUT2D eigenvalue weighted by atomic mass is 35.5. The van der Waals surface area contributed by atoms with Crippen molar-refractivity contribution in [1.29, 1.82) is 0 Å². The van der Waals surface area contributed by atoms with Crippen molar-refractivity contribution in [3.63, 3.8) is 0 Å². The molecule has 2 aromatic carbocycles. The van der Waals surface area contributed by atoms with Gasteiger partial charge in [-0.1, -0.05) is 53.6 Å². The molecule has 0 aliphatic heterocycles. The van der Waals surface area contributed by atoms with Crippen molar-refractivity contribution in [1.82, 2.24) is 10.2 Å². The average Bonchev–Trinajstić information content (AvgIpc) is 2.83. The lowest BCUT2D eigenvalue weighted by molar-refractivity contribution is 1.10. The Labute approximate surface area is 122 Å². The third-order valence-electron chi connectivity index (χ3n) is 3.27. The van der Waals surface area contributed by atoms with Crippen LogP contribution in [0.5, 0.6) is 0 Å². The van der Waals surface area contributed by atoms with Gasteiger partial charge in [0.15, 0.2) is 5.82 Å². The van der Waals surface area contributed by atoms with Crippen molar-refractivity contribution >= 4 is 17.4 Å². The number of nitrogens with zero attached hydrogens (tertiary/aromatic N) is 1. The highest BCUT2D eigenvalue weighted by Crippen LogP contribution is 2.35. The van der Waals surface area contributed by atoms with Crippen LogP contribution in [0.4, 0.5) is 5.82 Å². The minimum atomic E-state index is 0.499. The van der Waals surface area contributed by atoms with E-state index in [1.165, 1.54) is 5.56 Å². The van der Waals surface area contributed by atoms with E-state index in [9.17, 15) is 0 Å². The van der Waals surface area contributed by atoms with Gasteiger partial charge in [0.2, 0.25) is 0 Å². The van der Waals surface area contributed by atoms with Crippen LogP contribution in [-0.2, 0) is 0 Å². The normalized spacial score (nSPS) is 10.7. The van der Waals surface area contributed by atoms with Gasteiger partial charge in [0.25, 0.3) is 0 Å². The predicted molar refractivity (Wildman–Crippen MR) is 83.6 cm³/mol. The highest BCUT2D eigenvalue weighted by molar-refractivity contribution is 6.30. The van der Waals surface area contributed by atoms with E-state index < -0.39 is 0 Å². The Hall–Kier alpha value is -2.26. The Kier molecular flexibility index (Phi) is 3.20. The largest absolute Gasteiger partial charge is 0.382 e. The predicted octanol–water partition coefficient (Wildman–Crippen LogP) is 4.29. The van der Waals surface area contributed by atoms with Crippen molar-refractivity contribution < 1.29 is 0 Å². The smallest absolute Gasteiger partial charge is 0.153 e. The van der Waals surface area contributed by atoms with Crippen LogP contribution in [-0.4, -0.2) is 10.2 Å². The van der Waals surface area contributed by atoms with E-state index >= 15 is 0 Å². The van der Waals surface area contributed by atoms with Crippen LogP contribution in [0.2, 0.25) is 5.02 Å². The Bertz CT molecular complexity index is 727. The minimum absolute atomic E-state index is 0.499. The summed E-state index contributed by atoms with van der Waals surface area (Å²) in [6, 6.07) is 15.8. The van der Waals surface area contributed by atoms with Crippen LogP contribution in [0.3, 0.4) is 0 Å². The molecule has 0 bridgehead atoms. The van der Waals surface area contributed by atoms with Crippen LogP contribution < -0.4 is 5.73 Å². The molecule has 20 heavy (non-hydrogen) atoms. The number of nitrogens with two attached hydrogens (primary N) is 1. The fourth-order valence-electron chi connectivity index (χ4n) is 2.19. The molecule has 0 fully saturated rings. The molecule has 0 unspecified atom stereocenters. The molecule has 100 valence electrons. The fourth-order valence-corrected chi connectivity index (χ4v) is 2.32. The maximum absolute atomic E-state index is 6.01. The van der Waals surface area contributed by atoms with Gasteiger partial charge in [-0.15, -0.1) is 0 Å². The van der Waals surface area contributed by atoms with E-state index in [-0.39, 0.29) is 0 Å². The molecule has 0 saturated carbocycles. The molecule has 0 atom stereocenters. The Morgan fingerprint density at radius 2 is 1.55 bits per heavy atom. The summed E-state index contributed by atoms with van der Waals surface area (Å²) in [5.74, 6) is 0.499. The van der Waals surface area contributed by atoms with E-state index in [4.69, 9.17) is 17.3 Å². The zero-order valence-corrected chi connectivity index (χ0v) is 11.8. The lowest BCUT2D eigenvalue weighted by atomic mass is 10.00. The average molecular weight is 284 g/mol. The summed E-state index contributed by atoms with van der Waals surface area (Å²) in [4.78, 5) is 0. The number of halogens is 1. The summed E-state index contributed by atoms with van der Waals surface area (Å²) < 4.78 is 0. The molecule has 1 aromatic heterocycles. The molecule has 3 rings (SSSR count). The number of hydrogen-bond donors (Lipinski definition) is 2. The highest BCUT2D eigenvalue weighted by Gasteiger charge is 2.14. The van der Waals surface area contributed by atoms with Crippen molar-refractivity contribution in [3.05, 3.63) is 59.1 Å². The zero-order valence-electron chi connectivity index (χ0n) is 11.0.